The normalized spacial score (nSPS) is 13.1. The van der Waals surface area contributed by atoms with Crippen molar-refractivity contribution in [1.29, 1.82) is 0 Å². The van der Waals surface area contributed by atoms with Crippen LogP contribution in [0.4, 0.5) is 0 Å². The Kier molecular flexibility index (Phi) is 6.03. The van der Waals surface area contributed by atoms with E-state index in [2.05, 4.69) is 47.2 Å². The van der Waals surface area contributed by atoms with Crippen molar-refractivity contribution in [3.05, 3.63) is 34.3 Å². The Labute approximate surface area is 106 Å². The van der Waals surface area contributed by atoms with Crippen molar-refractivity contribution in [2.24, 2.45) is 5.92 Å². The summed E-state index contributed by atoms with van der Waals surface area (Å²) in [4.78, 5) is 0. The highest BCUT2D eigenvalue weighted by atomic mass is 79.9. The fourth-order valence-corrected chi connectivity index (χ4v) is 2.05. The standard InChI is InChI=1S/C13H20BrNO/c1-10(2)13(9-16)15-7-6-11-4-3-5-12(14)8-11/h3-5,8,10,13,15-16H,6-7,9H2,1-2H3. The third-order valence-electron chi connectivity index (χ3n) is 2.71. The molecule has 0 bridgehead atoms. The molecule has 1 unspecified atom stereocenters. The van der Waals surface area contributed by atoms with Crippen LogP contribution in [0.1, 0.15) is 19.4 Å². The van der Waals surface area contributed by atoms with E-state index < -0.39 is 0 Å². The molecule has 3 heteroatoms. The molecule has 0 heterocycles. The van der Waals surface area contributed by atoms with Crippen molar-refractivity contribution in [2.45, 2.75) is 26.3 Å². The van der Waals surface area contributed by atoms with Crippen LogP contribution in [0.5, 0.6) is 0 Å². The predicted octanol–water partition coefficient (Wildman–Crippen LogP) is 2.60. The fraction of sp³-hybridized carbons (Fsp3) is 0.538. The first-order chi connectivity index (χ1) is 7.63. The van der Waals surface area contributed by atoms with E-state index in [1.54, 1.807) is 0 Å². The second-order valence-corrected chi connectivity index (χ2v) is 5.28. The minimum atomic E-state index is 0.201. The number of hydrogen-bond donors (Lipinski definition) is 2. The highest BCUT2D eigenvalue weighted by molar-refractivity contribution is 9.10. The van der Waals surface area contributed by atoms with Gasteiger partial charge in [0, 0.05) is 10.5 Å². The second-order valence-electron chi connectivity index (χ2n) is 4.37. The minimum Gasteiger partial charge on any atom is -0.395 e. The maximum Gasteiger partial charge on any atom is 0.0587 e. The van der Waals surface area contributed by atoms with Crippen LogP contribution in [0.3, 0.4) is 0 Å². The van der Waals surface area contributed by atoms with Gasteiger partial charge in [-0.15, -0.1) is 0 Å². The molecule has 2 N–H and O–H groups in total. The zero-order valence-corrected chi connectivity index (χ0v) is 11.5. The maximum atomic E-state index is 9.17. The second kappa shape index (κ2) is 7.05. The molecule has 90 valence electrons. The highest BCUT2D eigenvalue weighted by Crippen LogP contribution is 2.11. The lowest BCUT2D eigenvalue weighted by Gasteiger charge is -2.19. The number of aliphatic hydroxyl groups is 1. The number of benzene rings is 1. The fourth-order valence-electron chi connectivity index (χ4n) is 1.61. The first kappa shape index (κ1) is 13.7. The molecule has 0 amide bonds. The number of halogens is 1. The molecule has 1 aromatic carbocycles. The first-order valence-corrected chi connectivity index (χ1v) is 6.51. The molecule has 0 saturated carbocycles. The lowest BCUT2D eigenvalue weighted by molar-refractivity contribution is 0.212. The van der Waals surface area contributed by atoms with Crippen molar-refractivity contribution in [3.63, 3.8) is 0 Å². The summed E-state index contributed by atoms with van der Waals surface area (Å²) >= 11 is 3.46. The summed E-state index contributed by atoms with van der Waals surface area (Å²) in [6, 6.07) is 8.53. The third-order valence-corrected chi connectivity index (χ3v) is 3.20. The molecule has 1 rings (SSSR count). The number of aliphatic hydroxyl groups excluding tert-OH is 1. The highest BCUT2D eigenvalue weighted by Gasteiger charge is 2.10. The molecule has 0 saturated heterocycles. The maximum absolute atomic E-state index is 9.17. The zero-order valence-electron chi connectivity index (χ0n) is 9.91. The van der Waals surface area contributed by atoms with Crippen LogP contribution in [-0.4, -0.2) is 24.3 Å². The number of hydrogen-bond acceptors (Lipinski definition) is 2. The van der Waals surface area contributed by atoms with Gasteiger partial charge in [-0.3, -0.25) is 0 Å². The average Bonchev–Trinajstić information content (AvgIpc) is 2.24. The summed E-state index contributed by atoms with van der Waals surface area (Å²) in [6.45, 7) is 5.34. The molecule has 0 spiro atoms. The lowest BCUT2D eigenvalue weighted by atomic mass is 10.1. The molecule has 1 aromatic rings. The largest absolute Gasteiger partial charge is 0.395 e. The molecule has 0 radical (unpaired) electrons. The van der Waals surface area contributed by atoms with Crippen molar-refractivity contribution in [2.75, 3.05) is 13.2 Å². The van der Waals surface area contributed by atoms with Gasteiger partial charge in [0.2, 0.25) is 0 Å². The Balaban J connectivity index is 2.35. The average molecular weight is 286 g/mol. The summed E-state index contributed by atoms with van der Waals surface area (Å²) < 4.78 is 1.12. The molecule has 16 heavy (non-hydrogen) atoms. The van der Waals surface area contributed by atoms with Crippen LogP contribution in [0.2, 0.25) is 0 Å². The molecule has 0 aliphatic heterocycles. The minimum absolute atomic E-state index is 0.201. The molecule has 0 aliphatic carbocycles. The summed E-state index contributed by atoms with van der Waals surface area (Å²) in [5.74, 6) is 0.465. The van der Waals surface area contributed by atoms with Gasteiger partial charge in [0.15, 0.2) is 0 Å². The van der Waals surface area contributed by atoms with Gasteiger partial charge >= 0.3 is 0 Å². The molecular formula is C13H20BrNO. The molecule has 2 nitrogen and oxygen atoms in total. The third kappa shape index (κ3) is 4.64. The van der Waals surface area contributed by atoms with Crippen LogP contribution in [-0.2, 0) is 6.42 Å². The van der Waals surface area contributed by atoms with E-state index in [0.717, 1.165) is 17.4 Å². The molecule has 0 aromatic heterocycles. The van der Waals surface area contributed by atoms with E-state index in [1.807, 2.05) is 12.1 Å². The Morgan fingerprint density at radius 3 is 2.69 bits per heavy atom. The molecule has 0 fully saturated rings. The van der Waals surface area contributed by atoms with Crippen molar-refractivity contribution < 1.29 is 5.11 Å². The predicted molar refractivity (Wildman–Crippen MR) is 71.6 cm³/mol. The van der Waals surface area contributed by atoms with Crippen molar-refractivity contribution in [3.8, 4) is 0 Å². The lowest BCUT2D eigenvalue weighted by Crippen LogP contribution is -2.38. The Bertz CT molecular complexity index is 315. The van der Waals surface area contributed by atoms with Gasteiger partial charge in [-0.05, 0) is 36.6 Å². The van der Waals surface area contributed by atoms with Crippen LogP contribution in [0.15, 0.2) is 28.7 Å². The van der Waals surface area contributed by atoms with E-state index in [-0.39, 0.29) is 12.6 Å². The molecule has 0 aliphatic rings. The first-order valence-electron chi connectivity index (χ1n) is 5.72. The number of nitrogens with one attached hydrogen (secondary N) is 1. The van der Waals surface area contributed by atoms with E-state index in [0.29, 0.717) is 5.92 Å². The van der Waals surface area contributed by atoms with Crippen LogP contribution in [0, 0.1) is 5.92 Å². The SMILES string of the molecule is CC(C)C(CO)NCCc1cccc(Br)c1. The van der Waals surface area contributed by atoms with Gasteiger partial charge in [-0.25, -0.2) is 0 Å². The summed E-state index contributed by atoms with van der Waals surface area (Å²) in [5, 5.41) is 12.5. The zero-order chi connectivity index (χ0) is 12.0. The Morgan fingerprint density at radius 2 is 2.12 bits per heavy atom. The van der Waals surface area contributed by atoms with E-state index in [4.69, 9.17) is 5.11 Å². The quantitative estimate of drug-likeness (QED) is 0.842. The van der Waals surface area contributed by atoms with Crippen LogP contribution < -0.4 is 5.32 Å². The van der Waals surface area contributed by atoms with Crippen LogP contribution in [0.25, 0.3) is 0 Å². The Morgan fingerprint density at radius 1 is 1.38 bits per heavy atom. The summed E-state index contributed by atoms with van der Waals surface area (Å²) in [7, 11) is 0. The van der Waals surface area contributed by atoms with E-state index in [9.17, 15) is 0 Å². The van der Waals surface area contributed by atoms with Gasteiger partial charge in [-0.2, -0.15) is 0 Å². The van der Waals surface area contributed by atoms with Gasteiger partial charge in [0.25, 0.3) is 0 Å². The smallest absolute Gasteiger partial charge is 0.0587 e. The molecular weight excluding hydrogens is 266 g/mol. The summed E-state index contributed by atoms with van der Waals surface area (Å²) in [5.41, 5.74) is 1.31. The monoisotopic (exact) mass is 285 g/mol. The van der Waals surface area contributed by atoms with Crippen LogP contribution >= 0.6 is 15.9 Å². The van der Waals surface area contributed by atoms with Gasteiger partial charge < -0.3 is 10.4 Å². The van der Waals surface area contributed by atoms with Gasteiger partial charge in [-0.1, -0.05) is 41.9 Å². The van der Waals surface area contributed by atoms with Gasteiger partial charge in [0.05, 0.1) is 6.61 Å². The van der Waals surface area contributed by atoms with Crippen molar-refractivity contribution >= 4 is 15.9 Å². The molecule has 1 atom stereocenters. The van der Waals surface area contributed by atoms with Gasteiger partial charge in [0.1, 0.15) is 0 Å². The topological polar surface area (TPSA) is 32.3 Å². The van der Waals surface area contributed by atoms with E-state index in [1.165, 1.54) is 5.56 Å². The number of rotatable bonds is 6. The summed E-state index contributed by atoms with van der Waals surface area (Å²) in [6.07, 6.45) is 0.989. The van der Waals surface area contributed by atoms with Crippen molar-refractivity contribution in [1.82, 2.24) is 5.32 Å². The Hall–Kier alpha value is -0.380. The van der Waals surface area contributed by atoms with E-state index >= 15 is 0 Å².